The topological polar surface area (TPSA) is 33.6 Å². The number of benzene rings is 2. The van der Waals surface area contributed by atoms with E-state index in [0.29, 0.717) is 41.5 Å². The molecule has 0 aromatic heterocycles. The first-order valence-corrected chi connectivity index (χ1v) is 10.2. The highest BCUT2D eigenvalue weighted by Crippen LogP contribution is 2.52. The van der Waals surface area contributed by atoms with E-state index in [9.17, 15) is 13.2 Å². The number of rotatable bonds is 5. The van der Waals surface area contributed by atoms with Gasteiger partial charge in [-0.2, -0.15) is 18.2 Å². The Morgan fingerprint density at radius 1 is 1.00 bits per heavy atom. The van der Waals surface area contributed by atoms with Gasteiger partial charge < -0.3 is 4.74 Å². The molecule has 0 radical (unpaired) electrons. The van der Waals surface area contributed by atoms with E-state index in [1.54, 1.807) is 31.2 Å². The summed E-state index contributed by atoms with van der Waals surface area (Å²) in [6, 6.07) is 11.2. The molecule has 1 heterocycles. The minimum Gasteiger partial charge on any atom is -0.497 e. The molecule has 0 saturated heterocycles. The summed E-state index contributed by atoms with van der Waals surface area (Å²) in [7, 11) is 1.49. The van der Waals surface area contributed by atoms with E-state index in [1.165, 1.54) is 19.2 Å². The molecule has 1 aliphatic heterocycles. The lowest BCUT2D eigenvalue weighted by Crippen LogP contribution is -2.59. The van der Waals surface area contributed by atoms with Crippen LogP contribution in [0.1, 0.15) is 37.5 Å². The number of anilines is 1. The third-order valence-corrected chi connectivity index (χ3v) is 6.27. The van der Waals surface area contributed by atoms with Crippen molar-refractivity contribution in [1.29, 1.82) is 0 Å². The van der Waals surface area contributed by atoms with E-state index in [1.807, 2.05) is 26.8 Å². The van der Waals surface area contributed by atoms with Crippen molar-refractivity contribution in [2.75, 3.05) is 32.1 Å². The van der Waals surface area contributed by atoms with Crippen LogP contribution in [0.2, 0.25) is 0 Å². The normalized spacial score (nSPS) is 19.0. The lowest BCUT2D eigenvalue weighted by atomic mass is 9.80. The fourth-order valence-corrected chi connectivity index (χ4v) is 4.21. The van der Waals surface area contributed by atoms with Gasteiger partial charge in [0.1, 0.15) is 5.75 Å². The van der Waals surface area contributed by atoms with Gasteiger partial charge in [-0.05, 0) is 51.5 Å². The number of ether oxygens (including phenoxy) is 1. The van der Waals surface area contributed by atoms with Crippen LogP contribution in [0.4, 0.5) is 18.9 Å². The van der Waals surface area contributed by atoms with Gasteiger partial charge in [0.15, 0.2) is 0 Å². The molecule has 7 heteroatoms. The number of nitrogens with zero attached hydrogens (tertiary/aromatic N) is 2. The van der Waals surface area contributed by atoms with Crippen molar-refractivity contribution in [1.82, 2.24) is 0 Å². The summed E-state index contributed by atoms with van der Waals surface area (Å²) in [5.41, 5.74) is -1.12. The number of fused-ring (bicyclic) bond motifs is 1. The Hall–Kier alpha value is -2.54. The second-order valence-corrected chi connectivity index (χ2v) is 7.64. The summed E-state index contributed by atoms with van der Waals surface area (Å²) >= 11 is 0. The number of nitrogens with one attached hydrogen (secondary N) is 1. The van der Waals surface area contributed by atoms with Gasteiger partial charge in [0.25, 0.3) is 0 Å². The molecule has 0 amide bonds. The first kappa shape index (κ1) is 22.2. The molecule has 0 spiro atoms. The summed E-state index contributed by atoms with van der Waals surface area (Å²) in [5.74, 6) is 0.839. The smallest absolute Gasteiger partial charge is 0.422 e. The van der Waals surface area contributed by atoms with Gasteiger partial charge in [0.2, 0.25) is 5.54 Å². The molecule has 0 fully saturated rings. The number of aliphatic imine (C=N–C) groups is 1. The number of halogens is 3. The molecule has 2 aromatic carbocycles. The quantitative estimate of drug-likeness (QED) is 0.651. The maximum Gasteiger partial charge on any atom is 0.422 e. The Balaban J connectivity index is 2.40. The SMILES string of the molecule is CC[N+](CC)(CC)C1=NC(c2ccc(OC)cc2)(C(F)(F)F)c2cc(C)ccc2N1. The maximum atomic E-state index is 15.0. The molecular formula is C23H29F3N3O+. The number of guanidine groups is 1. The molecule has 1 N–H and O–H groups in total. The van der Waals surface area contributed by atoms with Crippen LogP contribution in [0.3, 0.4) is 0 Å². The first-order chi connectivity index (χ1) is 14.2. The molecule has 3 rings (SSSR count). The van der Waals surface area contributed by atoms with Crippen LogP contribution in [0.15, 0.2) is 47.5 Å². The minimum atomic E-state index is -4.64. The summed E-state index contributed by atoms with van der Waals surface area (Å²) in [6.45, 7) is 9.63. The minimum absolute atomic E-state index is 0.0723. The van der Waals surface area contributed by atoms with Gasteiger partial charge in [-0.3, -0.25) is 9.80 Å². The van der Waals surface area contributed by atoms with Gasteiger partial charge in [-0.25, -0.2) is 0 Å². The second kappa shape index (κ2) is 7.95. The van der Waals surface area contributed by atoms with E-state index in [0.717, 1.165) is 5.56 Å². The summed E-state index contributed by atoms with van der Waals surface area (Å²) in [5, 5.41) is 3.23. The molecule has 4 nitrogen and oxygen atoms in total. The van der Waals surface area contributed by atoms with Crippen molar-refractivity contribution in [3.8, 4) is 5.75 Å². The van der Waals surface area contributed by atoms with Crippen LogP contribution in [-0.2, 0) is 5.54 Å². The van der Waals surface area contributed by atoms with Crippen molar-refractivity contribution >= 4 is 11.6 Å². The molecule has 1 atom stereocenters. The van der Waals surface area contributed by atoms with Crippen LogP contribution in [0.5, 0.6) is 5.75 Å². The van der Waals surface area contributed by atoms with Crippen LogP contribution in [-0.4, -0.2) is 43.4 Å². The van der Waals surface area contributed by atoms with Gasteiger partial charge in [-0.15, -0.1) is 0 Å². The molecule has 162 valence electrons. The van der Waals surface area contributed by atoms with Crippen molar-refractivity contribution < 1.29 is 22.4 Å². The lowest BCUT2D eigenvalue weighted by Gasteiger charge is -2.43. The van der Waals surface area contributed by atoms with Crippen LogP contribution in [0, 0.1) is 6.92 Å². The molecule has 2 aromatic rings. The van der Waals surface area contributed by atoms with Crippen LogP contribution < -0.4 is 10.1 Å². The number of quaternary nitrogens is 1. The lowest BCUT2D eigenvalue weighted by molar-refractivity contribution is -0.836. The van der Waals surface area contributed by atoms with Crippen LogP contribution in [0.25, 0.3) is 0 Å². The highest BCUT2D eigenvalue weighted by molar-refractivity contribution is 5.93. The highest BCUT2D eigenvalue weighted by Gasteiger charge is 2.61. The summed E-state index contributed by atoms with van der Waals surface area (Å²) in [6.07, 6.45) is -4.64. The van der Waals surface area contributed by atoms with Gasteiger partial charge in [0.05, 0.1) is 32.4 Å². The zero-order valence-electron chi connectivity index (χ0n) is 18.1. The average molecular weight is 420 g/mol. The predicted molar refractivity (Wildman–Crippen MR) is 114 cm³/mol. The molecule has 0 saturated carbocycles. The van der Waals surface area contributed by atoms with Crippen LogP contribution >= 0.6 is 0 Å². The zero-order valence-corrected chi connectivity index (χ0v) is 18.1. The van der Waals surface area contributed by atoms with Gasteiger partial charge >= 0.3 is 12.1 Å². The van der Waals surface area contributed by atoms with E-state index in [-0.39, 0.29) is 11.1 Å². The molecular weight excluding hydrogens is 391 g/mol. The number of aryl methyl sites for hydroxylation is 1. The molecule has 1 aliphatic rings. The monoisotopic (exact) mass is 420 g/mol. The number of hydrogen-bond donors (Lipinski definition) is 1. The number of hydrogen-bond acceptors (Lipinski definition) is 3. The Labute approximate surface area is 176 Å². The Kier molecular flexibility index (Phi) is 5.87. The Bertz CT molecular complexity index is 925. The molecule has 1 unspecified atom stereocenters. The molecule has 0 bridgehead atoms. The first-order valence-electron chi connectivity index (χ1n) is 10.2. The second-order valence-electron chi connectivity index (χ2n) is 7.64. The van der Waals surface area contributed by atoms with Crippen molar-refractivity contribution in [3.63, 3.8) is 0 Å². The predicted octanol–water partition coefficient (Wildman–Crippen LogP) is 5.47. The Morgan fingerprint density at radius 2 is 1.60 bits per heavy atom. The molecule has 30 heavy (non-hydrogen) atoms. The van der Waals surface area contributed by atoms with E-state index < -0.39 is 11.7 Å². The Morgan fingerprint density at radius 3 is 2.10 bits per heavy atom. The third kappa shape index (κ3) is 3.35. The van der Waals surface area contributed by atoms with Crippen molar-refractivity contribution in [2.24, 2.45) is 4.99 Å². The maximum absolute atomic E-state index is 15.0. The zero-order chi connectivity index (χ0) is 22.2. The number of alkyl halides is 3. The van der Waals surface area contributed by atoms with Crippen molar-refractivity contribution in [2.45, 2.75) is 39.4 Å². The summed E-state index contributed by atoms with van der Waals surface area (Å²) < 4.78 is 50.4. The third-order valence-electron chi connectivity index (χ3n) is 6.27. The van der Waals surface area contributed by atoms with E-state index >= 15 is 0 Å². The fraction of sp³-hybridized carbons (Fsp3) is 0.435. The van der Waals surface area contributed by atoms with Gasteiger partial charge in [-0.1, -0.05) is 29.8 Å². The highest BCUT2D eigenvalue weighted by atomic mass is 19.4. The number of methoxy groups -OCH3 is 1. The summed E-state index contributed by atoms with van der Waals surface area (Å²) in [4.78, 5) is 4.49. The standard InChI is InChI=1S/C23H29F3N3O/c1-6-29(7-2,8-3)21-27-20-14-9-16(4)15-19(20)22(28-21,23(24,25)26)17-10-12-18(30-5)13-11-17/h9-15H,6-8H2,1-5H3,(H,27,28)/q+1. The van der Waals surface area contributed by atoms with E-state index in [4.69, 9.17) is 4.74 Å². The fourth-order valence-electron chi connectivity index (χ4n) is 4.21. The van der Waals surface area contributed by atoms with Gasteiger partial charge in [0, 0.05) is 5.56 Å². The van der Waals surface area contributed by atoms with E-state index in [2.05, 4.69) is 10.3 Å². The average Bonchev–Trinajstić information content (AvgIpc) is 2.74. The largest absolute Gasteiger partial charge is 0.497 e. The molecule has 0 aliphatic carbocycles. The van der Waals surface area contributed by atoms with Crippen molar-refractivity contribution in [3.05, 3.63) is 59.2 Å².